The van der Waals surface area contributed by atoms with Crippen molar-refractivity contribution in [1.82, 2.24) is 5.32 Å². The third kappa shape index (κ3) is 2.87. The molecule has 130 valence electrons. The molecule has 0 heterocycles. The molecule has 4 aliphatic carbocycles. The number of rotatable bonds is 4. The number of nitrogens with one attached hydrogen (secondary N) is 1. The minimum absolute atomic E-state index is 0.337. The van der Waals surface area contributed by atoms with Crippen LogP contribution in [0.25, 0.3) is 11.1 Å². The van der Waals surface area contributed by atoms with Crippen molar-refractivity contribution in [3.8, 4) is 16.9 Å². The van der Waals surface area contributed by atoms with Crippen LogP contribution in [0.4, 0.5) is 0 Å². The Balaban J connectivity index is 1.36. The smallest absolute Gasteiger partial charge is 0.120 e. The Labute approximate surface area is 150 Å². The van der Waals surface area contributed by atoms with Crippen LogP contribution in [0.3, 0.4) is 0 Å². The number of benzene rings is 2. The van der Waals surface area contributed by atoms with Crippen molar-refractivity contribution in [3.05, 3.63) is 54.1 Å². The van der Waals surface area contributed by atoms with Gasteiger partial charge >= 0.3 is 0 Å². The van der Waals surface area contributed by atoms with Crippen LogP contribution in [0, 0.1) is 17.8 Å². The second-order valence-electron chi connectivity index (χ2n) is 8.76. The predicted octanol–water partition coefficient (Wildman–Crippen LogP) is 5.12. The van der Waals surface area contributed by atoms with E-state index in [1.807, 2.05) is 18.2 Å². The van der Waals surface area contributed by atoms with Gasteiger partial charge in [-0.1, -0.05) is 36.4 Å². The highest BCUT2D eigenvalue weighted by Crippen LogP contribution is 2.55. The van der Waals surface area contributed by atoms with Crippen molar-refractivity contribution in [3.63, 3.8) is 0 Å². The summed E-state index contributed by atoms with van der Waals surface area (Å²) in [7, 11) is 0. The highest BCUT2D eigenvalue weighted by atomic mass is 16.3. The third-order valence-corrected chi connectivity index (χ3v) is 6.88. The van der Waals surface area contributed by atoms with Crippen LogP contribution < -0.4 is 5.32 Å². The number of hydrogen-bond acceptors (Lipinski definition) is 2. The van der Waals surface area contributed by atoms with Crippen LogP contribution in [0.1, 0.15) is 44.1 Å². The summed E-state index contributed by atoms with van der Waals surface area (Å²) in [6.07, 6.45) is 8.44. The molecule has 2 aromatic carbocycles. The van der Waals surface area contributed by atoms with Crippen molar-refractivity contribution in [2.24, 2.45) is 17.8 Å². The van der Waals surface area contributed by atoms with E-state index in [-0.39, 0.29) is 0 Å². The summed E-state index contributed by atoms with van der Waals surface area (Å²) in [5, 5.41) is 14.3. The first kappa shape index (κ1) is 15.5. The van der Waals surface area contributed by atoms with Gasteiger partial charge in [-0.25, -0.2) is 0 Å². The second-order valence-corrected chi connectivity index (χ2v) is 8.76. The van der Waals surface area contributed by atoms with Gasteiger partial charge in [0.05, 0.1) is 0 Å². The van der Waals surface area contributed by atoms with Crippen LogP contribution in [-0.4, -0.2) is 10.6 Å². The Morgan fingerprint density at radius 2 is 1.48 bits per heavy atom. The highest BCUT2D eigenvalue weighted by molar-refractivity contribution is 5.65. The Bertz CT molecular complexity index is 732. The van der Waals surface area contributed by atoms with Crippen LogP contribution in [0.2, 0.25) is 0 Å². The van der Waals surface area contributed by atoms with Crippen LogP contribution in [0.15, 0.2) is 48.5 Å². The molecule has 2 aromatic rings. The van der Waals surface area contributed by atoms with Gasteiger partial charge in [0, 0.05) is 17.6 Å². The maximum atomic E-state index is 10.4. The lowest BCUT2D eigenvalue weighted by atomic mass is 9.53. The van der Waals surface area contributed by atoms with Crippen molar-refractivity contribution in [1.29, 1.82) is 0 Å². The first-order valence-corrected chi connectivity index (χ1v) is 9.81. The fourth-order valence-electron chi connectivity index (χ4n) is 6.15. The summed E-state index contributed by atoms with van der Waals surface area (Å²) in [5.41, 5.74) is 3.75. The molecule has 4 aliphatic rings. The van der Waals surface area contributed by atoms with E-state index in [0.29, 0.717) is 11.3 Å². The quantitative estimate of drug-likeness (QED) is 0.814. The van der Waals surface area contributed by atoms with E-state index in [1.165, 1.54) is 49.7 Å². The molecule has 0 spiro atoms. The Hall–Kier alpha value is -1.80. The standard InChI is InChI=1S/C23H27NO/c25-22-7-6-20(19-4-2-1-3-5-19)11-21(22)15-24-23-12-16-8-17(13-23)10-18(9-16)14-23/h1-7,11,16-18,24-25H,8-10,12-15H2. The molecule has 0 aliphatic heterocycles. The van der Waals surface area contributed by atoms with Gasteiger partial charge in [-0.3, -0.25) is 0 Å². The fraction of sp³-hybridized carbons (Fsp3) is 0.478. The zero-order valence-electron chi connectivity index (χ0n) is 14.7. The minimum atomic E-state index is 0.337. The summed E-state index contributed by atoms with van der Waals surface area (Å²) in [6.45, 7) is 0.776. The number of aromatic hydroxyl groups is 1. The average Bonchev–Trinajstić information content (AvgIpc) is 2.61. The van der Waals surface area contributed by atoms with Gasteiger partial charge < -0.3 is 10.4 Å². The Kier molecular flexibility index (Phi) is 3.63. The highest BCUT2D eigenvalue weighted by Gasteiger charge is 2.50. The minimum Gasteiger partial charge on any atom is -0.508 e. The van der Waals surface area contributed by atoms with Crippen molar-refractivity contribution in [2.75, 3.05) is 0 Å². The zero-order valence-corrected chi connectivity index (χ0v) is 14.7. The largest absolute Gasteiger partial charge is 0.508 e. The molecule has 2 N–H and O–H groups in total. The predicted molar refractivity (Wildman–Crippen MR) is 101 cm³/mol. The van der Waals surface area contributed by atoms with Gasteiger partial charge in [0.1, 0.15) is 5.75 Å². The molecule has 4 saturated carbocycles. The number of phenols is 1. The average molecular weight is 333 g/mol. The molecule has 6 rings (SSSR count). The molecule has 0 atom stereocenters. The normalized spacial score (nSPS) is 32.9. The SMILES string of the molecule is Oc1ccc(-c2ccccc2)cc1CNC12CC3CC(CC(C3)C1)C2. The summed E-state index contributed by atoms with van der Waals surface area (Å²) in [4.78, 5) is 0. The summed E-state index contributed by atoms with van der Waals surface area (Å²) in [6, 6.07) is 16.4. The van der Waals surface area contributed by atoms with E-state index in [9.17, 15) is 5.11 Å². The monoisotopic (exact) mass is 333 g/mol. The number of hydrogen-bond donors (Lipinski definition) is 2. The molecule has 4 bridgehead atoms. The summed E-state index contributed by atoms with van der Waals surface area (Å²) < 4.78 is 0. The van der Waals surface area contributed by atoms with E-state index in [1.54, 1.807) is 0 Å². The Morgan fingerprint density at radius 3 is 2.12 bits per heavy atom. The van der Waals surface area contributed by atoms with Crippen molar-refractivity contribution >= 4 is 0 Å². The van der Waals surface area contributed by atoms with Crippen LogP contribution in [-0.2, 0) is 6.54 Å². The molecule has 0 unspecified atom stereocenters. The molecule has 2 nitrogen and oxygen atoms in total. The van der Waals surface area contributed by atoms with Crippen molar-refractivity contribution < 1.29 is 5.11 Å². The zero-order chi connectivity index (χ0) is 16.9. The molecule has 0 radical (unpaired) electrons. The second kappa shape index (κ2) is 5.88. The first-order valence-electron chi connectivity index (χ1n) is 9.81. The van der Waals surface area contributed by atoms with E-state index < -0.39 is 0 Å². The molecule has 2 heteroatoms. The van der Waals surface area contributed by atoms with Crippen LogP contribution in [0.5, 0.6) is 5.75 Å². The lowest BCUT2D eigenvalue weighted by Gasteiger charge is -2.57. The van der Waals surface area contributed by atoms with Crippen molar-refractivity contribution in [2.45, 2.75) is 50.6 Å². The maximum absolute atomic E-state index is 10.4. The van der Waals surface area contributed by atoms with Gasteiger partial charge in [-0.05, 0) is 79.5 Å². The Morgan fingerprint density at radius 1 is 0.840 bits per heavy atom. The fourth-order valence-corrected chi connectivity index (χ4v) is 6.15. The molecule has 4 fully saturated rings. The molecule has 0 saturated heterocycles. The van der Waals surface area contributed by atoms with Gasteiger partial charge in [-0.15, -0.1) is 0 Å². The van der Waals surface area contributed by atoms with E-state index in [0.717, 1.165) is 29.9 Å². The van der Waals surface area contributed by atoms with Gasteiger partial charge in [0.2, 0.25) is 0 Å². The number of phenolic OH excluding ortho intramolecular Hbond substituents is 1. The third-order valence-electron chi connectivity index (χ3n) is 6.88. The van der Waals surface area contributed by atoms with Crippen LogP contribution >= 0.6 is 0 Å². The molecule has 0 aromatic heterocycles. The van der Waals surface area contributed by atoms with E-state index in [4.69, 9.17) is 0 Å². The lowest BCUT2D eigenvalue weighted by Crippen LogP contribution is -2.58. The lowest BCUT2D eigenvalue weighted by molar-refractivity contribution is -0.0206. The molecule has 25 heavy (non-hydrogen) atoms. The topological polar surface area (TPSA) is 32.3 Å². The molecule has 0 amide bonds. The molecular weight excluding hydrogens is 306 g/mol. The van der Waals surface area contributed by atoms with E-state index >= 15 is 0 Å². The summed E-state index contributed by atoms with van der Waals surface area (Å²) >= 11 is 0. The van der Waals surface area contributed by atoms with Gasteiger partial charge in [-0.2, -0.15) is 0 Å². The van der Waals surface area contributed by atoms with Gasteiger partial charge in [0.25, 0.3) is 0 Å². The molecular formula is C23H27NO. The summed E-state index contributed by atoms with van der Waals surface area (Å²) in [5.74, 6) is 3.26. The first-order chi connectivity index (χ1) is 12.2. The maximum Gasteiger partial charge on any atom is 0.120 e. The van der Waals surface area contributed by atoms with E-state index in [2.05, 4.69) is 35.6 Å². The van der Waals surface area contributed by atoms with Gasteiger partial charge in [0.15, 0.2) is 0 Å².